The fourth-order valence-electron chi connectivity index (χ4n) is 2.18. The van der Waals surface area contributed by atoms with E-state index in [1.807, 2.05) is 0 Å². The molecule has 0 aromatic heterocycles. The fraction of sp³-hybridized carbons (Fsp3) is 0.600. The van der Waals surface area contributed by atoms with Crippen LogP contribution in [0.15, 0.2) is 35.5 Å². The van der Waals surface area contributed by atoms with Gasteiger partial charge in [-0.2, -0.15) is 12.2 Å². The van der Waals surface area contributed by atoms with Crippen LogP contribution >= 0.6 is 0 Å². The minimum atomic E-state index is -1.29. The molecule has 2 aliphatic rings. The fourth-order valence-corrected chi connectivity index (χ4v) is 3.61. The smallest absolute Gasteiger partial charge is 1.00 e. The van der Waals surface area contributed by atoms with Gasteiger partial charge in [0.15, 0.2) is 16.6 Å². The Morgan fingerprint density at radius 1 is 0.741 bits per heavy atom. The molecule has 0 N–H and O–H groups in total. The van der Waals surface area contributed by atoms with Crippen molar-refractivity contribution in [2.24, 2.45) is 0 Å². The van der Waals surface area contributed by atoms with Crippen LogP contribution in [0.2, 0.25) is 39.3 Å². The Labute approximate surface area is 201 Å². The summed E-state index contributed by atoms with van der Waals surface area (Å²) in [6.45, 7) is 15.0. The Hall–Kier alpha value is 0.777. The largest absolute Gasteiger partial charge is 4.00 e. The maximum absolute atomic E-state index is 5.74. The summed E-state index contributed by atoms with van der Waals surface area (Å²) in [5.74, 6) is 0. The molecule has 27 heavy (non-hydrogen) atoms. The molecule has 0 aromatic rings. The first-order chi connectivity index (χ1) is 11.2. The van der Waals surface area contributed by atoms with Gasteiger partial charge in [-0.15, -0.1) is 12.8 Å². The van der Waals surface area contributed by atoms with Crippen molar-refractivity contribution in [2.75, 3.05) is 13.2 Å². The van der Waals surface area contributed by atoms with Crippen molar-refractivity contribution in [2.45, 2.75) is 65.0 Å². The third-order valence-corrected chi connectivity index (χ3v) is 5.49. The molecule has 0 unspecified atom stereocenters. The first kappa shape index (κ1) is 32.4. The summed E-state index contributed by atoms with van der Waals surface area (Å²) in [6, 6.07) is 0. The average Bonchev–Trinajstić information content (AvgIpc) is 3.09. The van der Waals surface area contributed by atoms with Crippen LogP contribution in [0.5, 0.6) is 0 Å². The van der Waals surface area contributed by atoms with Crippen molar-refractivity contribution in [1.29, 1.82) is 0 Å². The molecule has 0 radical (unpaired) electrons. The standard InChI is InChI=1S/2C10H17OSi.2ClH.Zr/c2*1-12(2,3)11-9-8-10-6-4-5-7-10;;;/h2*4,6H,5,8-9H2,1-3H3;2*1H;/q2*-1;;;+4/p-2. The van der Waals surface area contributed by atoms with Gasteiger partial charge < -0.3 is 33.7 Å². The van der Waals surface area contributed by atoms with E-state index in [1.54, 1.807) is 0 Å². The molecule has 0 bridgehead atoms. The van der Waals surface area contributed by atoms with E-state index < -0.39 is 16.6 Å². The van der Waals surface area contributed by atoms with E-state index in [2.05, 4.69) is 75.7 Å². The second-order valence-electron chi connectivity index (χ2n) is 8.04. The van der Waals surface area contributed by atoms with Gasteiger partial charge in [0.05, 0.1) is 0 Å². The normalized spacial score (nSPS) is 14.9. The van der Waals surface area contributed by atoms with Crippen LogP contribution in [0.3, 0.4) is 0 Å². The molecule has 0 saturated heterocycles. The monoisotopic (exact) mass is 522 g/mol. The molecular weight excluding hydrogens is 491 g/mol. The van der Waals surface area contributed by atoms with E-state index >= 15 is 0 Å². The summed E-state index contributed by atoms with van der Waals surface area (Å²) in [6.07, 6.45) is 19.2. The minimum Gasteiger partial charge on any atom is -1.00 e. The second-order valence-corrected chi connectivity index (χ2v) is 17.1. The zero-order valence-corrected chi connectivity index (χ0v) is 23.6. The van der Waals surface area contributed by atoms with Gasteiger partial charge in [0, 0.05) is 13.2 Å². The molecule has 2 nitrogen and oxygen atoms in total. The quantitative estimate of drug-likeness (QED) is 0.325. The first-order valence-electron chi connectivity index (χ1n) is 8.96. The molecule has 0 spiro atoms. The molecule has 0 amide bonds. The topological polar surface area (TPSA) is 18.5 Å². The molecule has 7 heteroatoms. The van der Waals surface area contributed by atoms with Gasteiger partial charge in [0.1, 0.15) is 0 Å². The summed E-state index contributed by atoms with van der Waals surface area (Å²) < 4.78 is 11.5. The molecule has 2 aliphatic carbocycles. The molecule has 0 saturated carbocycles. The van der Waals surface area contributed by atoms with Gasteiger partial charge in [-0.1, -0.05) is 0 Å². The van der Waals surface area contributed by atoms with Gasteiger partial charge in [-0.05, 0) is 52.1 Å². The zero-order valence-electron chi connectivity index (χ0n) is 17.6. The predicted octanol–water partition coefficient (Wildman–Crippen LogP) is -0.160. The van der Waals surface area contributed by atoms with Crippen LogP contribution in [-0.4, -0.2) is 29.8 Å². The number of halogens is 2. The molecule has 0 aromatic carbocycles. The van der Waals surface area contributed by atoms with Crippen molar-refractivity contribution < 1.29 is 59.9 Å². The Balaban J connectivity index is -0.000000384. The number of hydrogen-bond donors (Lipinski definition) is 0. The summed E-state index contributed by atoms with van der Waals surface area (Å²) in [7, 11) is -2.59. The van der Waals surface area contributed by atoms with Crippen LogP contribution in [0.25, 0.3) is 0 Å². The van der Waals surface area contributed by atoms with E-state index in [0.29, 0.717) is 0 Å². The predicted molar refractivity (Wildman–Crippen MR) is 109 cm³/mol. The third-order valence-electron chi connectivity index (χ3n) is 3.34. The van der Waals surface area contributed by atoms with Crippen LogP contribution in [0.4, 0.5) is 0 Å². The Morgan fingerprint density at radius 2 is 1.07 bits per heavy atom. The maximum atomic E-state index is 5.74. The average molecular weight is 525 g/mol. The van der Waals surface area contributed by atoms with E-state index in [4.69, 9.17) is 8.85 Å². The van der Waals surface area contributed by atoms with Crippen LogP contribution in [0.1, 0.15) is 25.7 Å². The zero-order chi connectivity index (χ0) is 18.1. The van der Waals surface area contributed by atoms with Gasteiger partial charge in [0.2, 0.25) is 0 Å². The molecule has 152 valence electrons. The third kappa shape index (κ3) is 19.9. The summed E-state index contributed by atoms with van der Waals surface area (Å²) in [5, 5.41) is 0. The van der Waals surface area contributed by atoms with Crippen molar-refractivity contribution >= 4 is 16.6 Å². The van der Waals surface area contributed by atoms with Gasteiger partial charge in [0.25, 0.3) is 0 Å². The van der Waals surface area contributed by atoms with Crippen molar-refractivity contribution in [3.8, 4) is 0 Å². The maximum Gasteiger partial charge on any atom is 4.00 e. The number of allylic oxidation sites excluding steroid dienone is 6. The van der Waals surface area contributed by atoms with Crippen molar-refractivity contribution in [1.82, 2.24) is 0 Å². The molecule has 0 heterocycles. The van der Waals surface area contributed by atoms with E-state index in [-0.39, 0.29) is 51.0 Å². The molecule has 0 fully saturated rings. The van der Waals surface area contributed by atoms with Crippen LogP contribution < -0.4 is 24.8 Å². The number of hydrogen-bond acceptors (Lipinski definition) is 2. The van der Waals surface area contributed by atoms with E-state index in [1.165, 1.54) is 11.1 Å². The Kier molecular flexibility index (Phi) is 19.9. The summed E-state index contributed by atoms with van der Waals surface area (Å²) >= 11 is 0. The molecular formula is C20H34Cl2O2Si2Zr. The van der Waals surface area contributed by atoms with Crippen molar-refractivity contribution in [3.63, 3.8) is 0 Å². The molecule has 0 aliphatic heterocycles. The number of rotatable bonds is 8. The van der Waals surface area contributed by atoms with Gasteiger partial charge in [-0.25, -0.2) is 23.3 Å². The molecule has 0 atom stereocenters. The summed E-state index contributed by atoms with van der Waals surface area (Å²) in [4.78, 5) is 0. The second kappa shape index (κ2) is 16.6. The Morgan fingerprint density at radius 3 is 1.30 bits per heavy atom. The van der Waals surface area contributed by atoms with E-state index in [0.717, 1.165) is 38.9 Å². The van der Waals surface area contributed by atoms with E-state index in [9.17, 15) is 0 Å². The van der Waals surface area contributed by atoms with Gasteiger partial charge in [-0.3, -0.25) is 12.2 Å². The molecule has 2 rings (SSSR count). The van der Waals surface area contributed by atoms with Crippen molar-refractivity contribution in [3.05, 3.63) is 47.6 Å². The SMILES string of the molecule is C[Si](C)(C)OCCC1=[C-]CC=C1.C[Si](C)(C)OCCC1=[C-]CC=C1.[Cl-].[Cl-].[Zr+4]. The Bertz CT molecular complexity index is 459. The van der Waals surface area contributed by atoms with Crippen LogP contribution in [0, 0.1) is 12.2 Å². The van der Waals surface area contributed by atoms with Gasteiger partial charge >= 0.3 is 26.2 Å². The summed E-state index contributed by atoms with van der Waals surface area (Å²) in [5.41, 5.74) is 2.63. The first-order valence-corrected chi connectivity index (χ1v) is 15.8. The minimum absolute atomic E-state index is 0. The van der Waals surface area contributed by atoms with Crippen LogP contribution in [-0.2, 0) is 35.1 Å².